The van der Waals surface area contributed by atoms with Gasteiger partial charge in [-0.05, 0) is 6.07 Å². The lowest BCUT2D eigenvalue weighted by Crippen LogP contribution is -2.32. The minimum absolute atomic E-state index is 0.0170. The fourth-order valence-electron chi connectivity index (χ4n) is 1.81. The van der Waals surface area contributed by atoms with E-state index in [1.807, 2.05) is 0 Å². The number of anilines is 3. The van der Waals surface area contributed by atoms with Crippen LogP contribution in [-0.2, 0) is 10.7 Å². The molecule has 0 radical (unpaired) electrons. The van der Waals surface area contributed by atoms with E-state index in [1.165, 1.54) is 19.1 Å². The molecule has 2 aromatic heterocycles. The second-order valence-electron chi connectivity index (χ2n) is 4.99. The van der Waals surface area contributed by atoms with Crippen LogP contribution < -0.4 is 16.1 Å². The average Bonchev–Trinajstić information content (AvgIpc) is 2.46. The summed E-state index contributed by atoms with van der Waals surface area (Å²) in [6, 6.07) is 2.66. The lowest BCUT2D eigenvalue weighted by molar-refractivity contribution is -0.114. The molecule has 0 aliphatic heterocycles. The van der Waals surface area contributed by atoms with Crippen LogP contribution in [0.2, 0.25) is 0 Å². The zero-order valence-electron chi connectivity index (χ0n) is 12.8. The van der Waals surface area contributed by atoms with E-state index in [2.05, 4.69) is 25.6 Å². The van der Waals surface area contributed by atoms with Crippen molar-refractivity contribution in [2.75, 3.05) is 10.6 Å². The van der Waals surface area contributed by atoms with Gasteiger partial charge in [-0.3, -0.25) is 4.79 Å². The number of amides is 1. The maximum atomic E-state index is 13.3. The van der Waals surface area contributed by atoms with Gasteiger partial charge in [0.1, 0.15) is 11.6 Å². The number of pyridine rings is 1. The second-order valence-corrected chi connectivity index (χ2v) is 4.99. The summed E-state index contributed by atoms with van der Waals surface area (Å²) in [7, 11) is -1.86. The fourth-order valence-corrected chi connectivity index (χ4v) is 1.81. The van der Waals surface area contributed by atoms with Crippen molar-refractivity contribution >= 4 is 35.8 Å². The van der Waals surface area contributed by atoms with Gasteiger partial charge in [-0.15, -0.1) is 0 Å². The van der Waals surface area contributed by atoms with E-state index >= 15 is 0 Å². The first-order valence-electron chi connectivity index (χ1n) is 6.79. The number of carbonyl (C=O) groups is 1. The molecule has 4 N–H and O–H groups in total. The third-order valence-corrected chi connectivity index (χ3v) is 2.83. The Bertz CT molecular complexity index is 755. The molecule has 1 amide bonds. The van der Waals surface area contributed by atoms with Gasteiger partial charge in [-0.1, -0.05) is 0 Å². The first kappa shape index (κ1) is 17.7. The number of nitrogens with zero attached hydrogens (tertiary/aromatic N) is 3. The van der Waals surface area contributed by atoms with Gasteiger partial charge >= 0.3 is 13.0 Å². The molecule has 0 unspecified atom stereocenters. The van der Waals surface area contributed by atoms with Crippen molar-refractivity contribution in [2.24, 2.45) is 0 Å². The summed E-state index contributed by atoms with van der Waals surface area (Å²) in [5.41, 5.74) is 0.111. The topological polar surface area (TPSA) is 120 Å². The maximum Gasteiger partial charge on any atom is 0.492 e. The maximum absolute atomic E-state index is 13.3. The molecule has 0 aliphatic rings. The highest BCUT2D eigenvalue weighted by atomic mass is 19.3. The molecule has 8 nitrogen and oxygen atoms in total. The monoisotopic (exact) mass is 337 g/mol. The molecule has 11 heteroatoms. The molecule has 0 aliphatic carbocycles. The molecule has 2 heterocycles. The van der Waals surface area contributed by atoms with Crippen molar-refractivity contribution in [3.05, 3.63) is 30.4 Å². The van der Waals surface area contributed by atoms with E-state index in [0.29, 0.717) is 6.92 Å². The minimum atomic E-state index is -3.23. The number of alkyl halides is 2. The Morgan fingerprint density at radius 1 is 1.29 bits per heavy atom. The van der Waals surface area contributed by atoms with Gasteiger partial charge in [0.25, 0.3) is 0 Å². The predicted molar refractivity (Wildman–Crippen MR) is 83.2 cm³/mol. The summed E-state index contributed by atoms with van der Waals surface area (Å²) < 4.78 is 26.6. The molecule has 0 spiro atoms. The van der Waals surface area contributed by atoms with Crippen molar-refractivity contribution in [1.29, 1.82) is 0 Å². The summed E-state index contributed by atoms with van der Waals surface area (Å²) in [6.45, 7) is 1.94. The molecule has 2 aromatic rings. The predicted octanol–water partition coefficient (Wildman–Crippen LogP) is 0.365. The van der Waals surface area contributed by atoms with Gasteiger partial charge in [-0.2, -0.15) is 8.78 Å². The number of halogens is 2. The van der Waals surface area contributed by atoms with Gasteiger partial charge in [0, 0.05) is 43.5 Å². The number of rotatable bonds is 5. The van der Waals surface area contributed by atoms with Crippen molar-refractivity contribution in [2.45, 2.75) is 19.8 Å². The molecule has 0 aromatic carbocycles. The largest absolute Gasteiger partial charge is 0.492 e. The molecule has 126 valence electrons. The lowest BCUT2D eigenvalue weighted by atomic mass is 9.80. The van der Waals surface area contributed by atoms with Crippen molar-refractivity contribution in [1.82, 2.24) is 15.0 Å². The highest BCUT2D eigenvalue weighted by Crippen LogP contribution is 2.24. The SMILES string of the molecule is CC(=O)Nc1cc(Nc2ccnc(C(C)(F)F)n2)c(B(O)O)cn1. The molecule has 24 heavy (non-hydrogen) atoms. The molecule has 0 saturated heterocycles. The third kappa shape index (κ3) is 4.43. The minimum Gasteiger partial charge on any atom is -0.423 e. The zero-order chi connectivity index (χ0) is 17.9. The molecular formula is C13H14BF2N5O3. The molecular weight excluding hydrogens is 323 g/mol. The van der Waals surface area contributed by atoms with E-state index in [-0.39, 0.29) is 28.7 Å². The summed E-state index contributed by atoms with van der Waals surface area (Å²) in [4.78, 5) is 22.1. The number of hydrogen-bond donors (Lipinski definition) is 4. The van der Waals surface area contributed by atoms with Crippen molar-refractivity contribution in [3.8, 4) is 0 Å². The smallest absolute Gasteiger partial charge is 0.423 e. The van der Waals surface area contributed by atoms with Crippen LogP contribution in [0, 0.1) is 0 Å². The standard InChI is InChI=1S/C13H14BF2N5O3/c1-7(22)19-11-5-9(8(6-18-11)14(23)24)20-10-3-4-17-12(21-10)13(2,15)16/h3-6,23-24H,1-2H3,(H2,17,18,19,20,21,22). The van der Waals surface area contributed by atoms with Gasteiger partial charge in [0.2, 0.25) is 11.7 Å². The summed E-state index contributed by atoms with van der Waals surface area (Å²) in [5.74, 6) is -4.13. The van der Waals surface area contributed by atoms with Gasteiger partial charge < -0.3 is 20.7 Å². The van der Waals surface area contributed by atoms with Gasteiger partial charge in [0.05, 0.1) is 0 Å². The molecule has 2 rings (SSSR count). The van der Waals surface area contributed by atoms with E-state index < -0.39 is 18.9 Å². The highest BCUT2D eigenvalue weighted by Gasteiger charge is 2.28. The van der Waals surface area contributed by atoms with Crippen LogP contribution in [0.1, 0.15) is 19.7 Å². The molecule has 0 atom stereocenters. The van der Waals surface area contributed by atoms with E-state index in [4.69, 9.17) is 0 Å². The normalized spacial score (nSPS) is 11.1. The fraction of sp³-hybridized carbons (Fsp3) is 0.231. The van der Waals surface area contributed by atoms with Crippen LogP contribution in [-0.4, -0.2) is 38.0 Å². The quantitative estimate of drug-likeness (QED) is 0.582. The zero-order valence-corrected chi connectivity index (χ0v) is 12.8. The van der Waals surface area contributed by atoms with Crippen LogP contribution >= 0.6 is 0 Å². The number of carbonyl (C=O) groups excluding carboxylic acids is 1. The molecule has 0 saturated carbocycles. The summed E-state index contributed by atoms with van der Waals surface area (Å²) in [6.07, 6.45) is 2.28. The van der Waals surface area contributed by atoms with Crippen molar-refractivity contribution in [3.63, 3.8) is 0 Å². The second kappa shape index (κ2) is 6.85. The number of hydrogen-bond acceptors (Lipinski definition) is 7. The summed E-state index contributed by atoms with van der Waals surface area (Å²) in [5, 5.41) is 23.9. The van der Waals surface area contributed by atoms with Crippen LogP contribution in [0.25, 0.3) is 0 Å². The van der Waals surface area contributed by atoms with Gasteiger partial charge in [-0.25, -0.2) is 15.0 Å². The van der Waals surface area contributed by atoms with Crippen molar-refractivity contribution < 1.29 is 23.6 Å². The van der Waals surface area contributed by atoms with E-state index in [0.717, 1.165) is 12.4 Å². The van der Waals surface area contributed by atoms with E-state index in [9.17, 15) is 23.6 Å². The Hall–Kier alpha value is -2.66. The van der Waals surface area contributed by atoms with Gasteiger partial charge in [0.15, 0.2) is 0 Å². The number of aromatic nitrogens is 3. The Morgan fingerprint density at radius 2 is 2.00 bits per heavy atom. The Balaban J connectivity index is 2.38. The Kier molecular flexibility index (Phi) is 5.05. The summed E-state index contributed by atoms with van der Waals surface area (Å²) >= 11 is 0. The third-order valence-electron chi connectivity index (χ3n) is 2.83. The Morgan fingerprint density at radius 3 is 2.58 bits per heavy atom. The first-order valence-corrected chi connectivity index (χ1v) is 6.79. The molecule has 0 fully saturated rings. The first-order chi connectivity index (χ1) is 11.2. The Labute approximate surface area is 136 Å². The van der Waals surface area contributed by atoms with Crippen LogP contribution in [0.4, 0.5) is 26.1 Å². The van der Waals surface area contributed by atoms with Crippen LogP contribution in [0.5, 0.6) is 0 Å². The molecule has 0 bridgehead atoms. The lowest BCUT2D eigenvalue weighted by Gasteiger charge is -2.14. The van der Waals surface area contributed by atoms with Crippen LogP contribution in [0.3, 0.4) is 0 Å². The highest BCUT2D eigenvalue weighted by molar-refractivity contribution is 6.60. The average molecular weight is 337 g/mol. The van der Waals surface area contributed by atoms with Crippen LogP contribution in [0.15, 0.2) is 24.5 Å². The number of nitrogens with one attached hydrogen (secondary N) is 2. The van der Waals surface area contributed by atoms with E-state index in [1.54, 1.807) is 0 Å².